The van der Waals surface area contributed by atoms with E-state index in [2.05, 4.69) is 10.6 Å². The molecular weight excluding hydrogens is 321 g/mol. The molecule has 0 fully saturated rings. The number of amides is 1. The molecule has 2 N–H and O–H groups in total. The summed E-state index contributed by atoms with van der Waals surface area (Å²) in [5, 5.41) is 5.54. The monoisotopic (exact) mass is 338 g/mol. The van der Waals surface area contributed by atoms with Crippen molar-refractivity contribution in [3.8, 4) is 0 Å². The number of ether oxygens (including phenoxy) is 1. The number of carbonyl (C=O) groups is 1. The Balaban J connectivity index is 2.20. The summed E-state index contributed by atoms with van der Waals surface area (Å²) in [6, 6.07) is 11.4. The number of hydrogen-bond donors (Lipinski definition) is 2. The smallest absolute Gasteiger partial charge is 0.383 e. The lowest BCUT2D eigenvalue weighted by Gasteiger charge is -2.14. The Kier molecular flexibility index (Phi) is 5.81. The van der Waals surface area contributed by atoms with Crippen molar-refractivity contribution in [3.05, 3.63) is 59.7 Å². The molecule has 0 spiro atoms. The zero-order valence-electron chi connectivity index (χ0n) is 13.0. The van der Waals surface area contributed by atoms with E-state index in [-0.39, 0.29) is 11.6 Å². The fourth-order valence-corrected chi connectivity index (χ4v) is 2.08. The zero-order valence-corrected chi connectivity index (χ0v) is 13.0. The molecule has 128 valence electrons. The number of rotatable bonds is 6. The van der Waals surface area contributed by atoms with Gasteiger partial charge in [0, 0.05) is 19.3 Å². The van der Waals surface area contributed by atoms with Crippen LogP contribution in [0.5, 0.6) is 0 Å². The highest BCUT2D eigenvalue weighted by molar-refractivity contribution is 6.00. The van der Waals surface area contributed by atoms with E-state index in [1.165, 1.54) is 19.2 Å². The quantitative estimate of drug-likeness (QED) is 0.787. The molecule has 2 aromatic carbocycles. The lowest BCUT2D eigenvalue weighted by atomic mass is 10.1. The van der Waals surface area contributed by atoms with Crippen LogP contribution in [0.3, 0.4) is 0 Å². The Bertz CT molecular complexity index is 702. The average Bonchev–Trinajstić information content (AvgIpc) is 2.55. The van der Waals surface area contributed by atoms with Gasteiger partial charge >= 0.3 is 6.18 Å². The second-order valence-corrected chi connectivity index (χ2v) is 5.00. The van der Waals surface area contributed by atoms with Gasteiger partial charge in [-0.2, -0.15) is 13.2 Å². The van der Waals surface area contributed by atoms with E-state index >= 15 is 0 Å². The molecule has 0 aliphatic carbocycles. The highest BCUT2D eigenvalue weighted by Crippen LogP contribution is 2.31. The summed E-state index contributed by atoms with van der Waals surface area (Å²) >= 11 is 0. The summed E-state index contributed by atoms with van der Waals surface area (Å²) in [7, 11) is 1.52. The van der Waals surface area contributed by atoms with Gasteiger partial charge in [-0.05, 0) is 30.3 Å². The Morgan fingerprint density at radius 1 is 1.12 bits per heavy atom. The highest BCUT2D eigenvalue weighted by atomic mass is 19.4. The van der Waals surface area contributed by atoms with Gasteiger partial charge in [-0.3, -0.25) is 4.79 Å². The molecule has 0 aliphatic rings. The Hall–Kier alpha value is -2.54. The van der Waals surface area contributed by atoms with Crippen LogP contribution in [0.25, 0.3) is 0 Å². The molecule has 0 saturated heterocycles. The van der Waals surface area contributed by atoms with Gasteiger partial charge in [0.15, 0.2) is 0 Å². The number of carbonyl (C=O) groups excluding carboxylic acids is 1. The molecule has 0 saturated carbocycles. The number of halogens is 3. The Morgan fingerprint density at radius 2 is 1.88 bits per heavy atom. The number of benzene rings is 2. The van der Waals surface area contributed by atoms with Crippen molar-refractivity contribution < 1.29 is 22.7 Å². The molecule has 7 heteroatoms. The van der Waals surface area contributed by atoms with Crippen LogP contribution >= 0.6 is 0 Å². The van der Waals surface area contributed by atoms with Gasteiger partial charge < -0.3 is 15.4 Å². The van der Waals surface area contributed by atoms with E-state index in [4.69, 9.17) is 4.74 Å². The maximum atomic E-state index is 12.8. The number of para-hydroxylation sites is 1. The van der Waals surface area contributed by atoms with Gasteiger partial charge in [0.05, 0.1) is 23.4 Å². The van der Waals surface area contributed by atoms with Crippen LogP contribution < -0.4 is 10.6 Å². The van der Waals surface area contributed by atoms with Crippen LogP contribution in [0.15, 0.2) is 48.5 Å². The van der Waals surface area contributed by atoms with Crippen molar-refractivity contribution in [1.82, 2.24) is 5.32 Å². The van der Waals surface area contributed by atoms with E-state index in [9.17, 15) is 18.0 Å². The second-order valence-electron chi connectivity index (χ2n) is 5.00. The standard InChI is InChI=1S/C17H17F3N2O2/c1-24-10-9-21-16(23)14-7-2-3-8-15(14)22-13-6-4-5-12(11-13)17(18,19)20/h2-8,11,22H,9-10H2,1H3,(H,21,23). The minimum absolute atomic E-state index is 0.252. The molecule has 0 aromatic heterocycles. The minimum Gasteiger partial charge on any atom is -0.383 e. The summed E-state index contributed by atoms with van der Waals surface area (Å²) in [5.74, 6) is -0.331. The Morgan fingerprint density at radius 3 is 2.58 bits per heavy atom. The number of alkyl halides is 3. The predicted octanol–water partition coefficient (Wildman–Crippen LogP) is 3.83. The van der Waals surface area contributed by atoms with Crippen LogP contribution in [0.4, 0.5) is 24.5 Å². The number of methoxy groups -OCH3 is 1. The molecule has 1 amide bonds. The summed E-state index contributed by atoms with van der Waals surface area (Å²) < 4.78 is 43.2. The van der Waals surface area contributed by atoms with Gasteiger partial charge in [-0.15, -0.1) is 0 Å². The van der Waals surface area contributed by atoms with Crippen LogP contribution in [0, 0.1) is 0 Å². The third-order valence-electron chi connectivity index (χ3n) is 3.23. The topological polar surface area (TPSA) is 50.4 Å². The lowest BCUT2D eigenvalue weighted by Crippen LogP contribution is -2.27. The Labute approximate surface area is 137 Å². The zero-order chi connectivity index (χ0) is 17.6. The molecule has 0 atom stereocenters. The van der Waals surface area contributed by atoms with E-state index in [0.29, 0.717) is 24.4 Å². The second kappa shape index (κ2) is 7.83. The fourth-order valence-electron chi connectivity index (χ4n) is 2.08. The van der Waals surface area contributed by atoms with Gasteiger partial charge in [0.1, 0.15) is 0 Å². The first-order chi connectivity index (χ1) is 11.4. The first-order valence-corrected chi connectivity index (χ1v) is 7.22. The SMILES string of the molecule is COCCNC(=O)c1ccccc1Nc1cccc(C(F)(F)F)c1. The molecule has 24 heavy (non-hydrogen) atoms. The van der Waals surface area contributed by atoms with Crippen LogP contribution in [0.2, 0.25) is 0 Å². The normalized spacial score (nSPS) is 11.2. The van der Waals surface area contributed by atoms with Crippen molar-refractivity contribution >= 4 is 17.3 Å². The van der Waals surface area contributed by atoms with Crippen molar-refractivity contribution in [1.29, 1.82) is 0 Å². The largest absolute Gasteiger partial charge is 0.416 e. The van der Waals surface area contributed by atoms with Gasteiger partial charge in [-0.1, -0.05) is 18.2 Å². The molecular formula is C17H17F3N2O2. The molecule has 0 unspecified atom stereocenters. The number of anilines is 2. The predicted molar refractivity (Wildman–Crippen MR) is 85.4 cm³/mol. The lowest BCUT2D eigenvalue weighted by molar-refractivity contribution is -0.137. The molecule has 0 heterocycles. The summed E-state index contributed by atoms with van der Waals surface area (Å²) in [6.45, 7) is 0.711. The average molecular weight is 338 g/mol. The summed E-state index contributed by atoms with van der Waals surface area (Å²) in [4.78, 5) is 12.2. The number of nitrogens with one attached hydrogen (secondary N) is 2. The maximum Gasteiger partial charge on any atom is 0.416 e. The van der Waals surface area contributed by atoms with Crippen molar-refractivity contribution in [2.24, 2.45) is 0 Å². The molecule has 2 aromatic rings. The van der Waals surface area contributed by atoms with E-state index < -0.39 is 11.7 Å². The fraction of sp³-hybridized carbons (Fsp3) is 0.235. The molecule has 2 rings (SSSR count). The number of hydrogen-bond acceptors (Lipinski definition) is 3. The molecule has 0 radical (unpaired) electrons. The van der Waals surface area contributed by atoms with E-state index in [0.717, 1.165) is 12.1 Å². The van der Waals surface area contributed by atoms with Crippen molar-refractivity contribution in [2.75, 3.05) is 25.6 Å². The minimum atomic E-state index is -4.42. The maximum absolute atomic E-state index is 12.8. The third-order valence-corrected chi connectivity index (χ3v) is 3.23. The van der Waals surface area contributed by atoms with E-state index in [1.807, 2.05) is 0 Å². The first-order valence-electron chi connectivity index (χ1n) is 7.22. The van der Waals surface area contributed by atoms with Crippen LogP contribution in [0.1, 0.15) is 15.9 Å². The highest BCUT2D eigenvalue weighted by Gasteiger charge is 2.30. The van der Waals surface area contributed by atoms with Gasteiger partial charge in [-0.25, -0.2) is 0 Å². The van der Waals surface area contributed by atoms with E-state index in [1.54, 1.807) is 24.3 Å². The van der Waals surface area contributed by atoms with Crippen molar-refractivity contribution in [2.45, 2.75) is 6.18 Å². The molecule has 4 nitrogen and oxygen atoms in total. The van der Waals surface area contributed by atoms with Gasteiger partial charge in [0.2, 0.25) is 0 Å². The third kappa shape index (κ3) is 4.73. The van der Waals surface area contributed by atoms with Crippen LogP contribution in [-0.2, 0) is 10.9 Å². The molecule has 0 aliphatic heterocycles. The summed E-state index contributed by atoms with van der Waals surface area (Å²) in [6.07, 6.45) is -4.42. The van der Waals surface area contributed by atoms with Gasteiger partial charge in [0.25, 0.3) is 5.91 Å². The van der Waals surface area contributed by atoms with Crippen molar-refractivity contribution in [3.63, 3.8) is 0 Å². The summed E-state index contributed by atoms with van der Waals surface area (Å²) in [5.41, 5.74) is 0.259. The first kappa shape index (κ1) is 17.8. The molecule has 0 bridgehead atoms. The van der Waals surface area contributed by atoms with Crippen LogP contribution in [-0.4, -0.2) is 26.2 Å².